The molecule has 0 aromatic heterocycles. The highest BCUT2D eigenvalue weighted by atomic mass is 19.1. The Balaban J connectivity index is 1.92. The highest BCUT2D eigenvalue weighted by Gasteiger charge is 2.27. The summed E-state index contributed by atoms with van der Waals surface area (Å²) in [5.41, 5.74) is 6.33. The van der Waals surface area contributed by atoms with E-state index in [4.69, 9.17) is 10.5 Å². The average molecular weight is 446 g/mol. The van der Waals surface area contributed by atoms with Crippen LogP contribution in [0.2, 0.25) is 0 Å². The van der Waals surface area contributed by atoms with Crippen molar-refractivity contribution in [1.29, 1.82) is 0 Å². The van der Waals surface area contributed by atoms with Crippen molar-refractivity contribution in [2.45, 2.75) is 38.7 Å². The summed E-state index contributed by atoms with van der Waals surface area (Å²) in [5.74, 6) is 0.852. The van der Waals surface area contributed by atoms with E-state index in [2.05, 4.69) is 34.1 Å². The van der Waals surface area contributed by atoms with Crippen LogP contribution >= 0.6 is 0 Å². The van der Waals surface area contributed by atoms with Gasteiger partial charge in [0, 0.05) is 55.6 Å². The third-order valence-corrected chi connectivity index (χ3v) is 5.17. The smallest absolute Gasteiger partial charge is 0.222 e. The second-order valence-electron chi connectivity index (χ2n) is 8.23. The van der Waals surface area contributed by atoms with E-state index in [1.165, 1.54) is 18.2 Å². The molecule has 1 aliphatic rings. The van der Waals surface area contributed by atoms with Crippen LogP contribution in [0.1, 0.15) is 33.1 Å². The van der Waals surface area contributed by atoms with Crippen LogP contribution < -0.4 is 26.4 Å². The molecule has 1 aromatic carbocycles. The summed E-state index contributed by atoms with van der Waals surface area (Å²) in [6.45, 7) is 14.5. The summed E-state index contributed by atoms with van der Waals surface area (Å²) in [5, 5.41) is 20.7. The summed E-state index contributed by atoms with van der Waals surface area (Å²) in [7, 11) is 0. The van der Waals surface area contributed by atoms with Crippen LogP contribution in [0.4, 0.5) is 4.39 Å². The highest BCUT2D eigenvalue weighted by molar-refractivity contribution is 5.90. The number of aliphatic imine (C=N–C) groups is 1. The number of nitrogens with one attached hydrogen (secondary N) is 3. The van der Waals surface area contributed by atoms with Crippen molar-refractivity contribution in [1.82, 2.24) is 16.0 Å². The lowest BCUT2D eigenvalue weighted by atomic mass is 9.92. The molecule has 1 atom stereocenters. The van der Waals surface area contributed by atoms with Crippen molar-refractivity contribution in [3.63, 3.8) is 0 Å². The lowest BCUT2D eigenvalue weighted by molar-refractivity contribution is 0.0247. The lowest BCUT2D eigenvalue weighted by Crippen LogP contribution is -2.48. The molecule has 7 nitrogen and oxygen atoms in total. The number of nitrogens with zero attached hydrogens (tertiary/aromatic N) is 1. The highest BCUT2D eigenvalue weighted by Crippen LogP contribution is 2.19. The van der Waals surface area contributed by atoms with E-state index in [0.29, 0.717) is 49.1 Å². The van der Waals surface area contributed by atoms with Crippen molar-refractivity contribution in [3.05, 3.63) is 66.5 Å². The Labute approximate surface area is 190 Å². The summed E-state index contributed by atoms with van der Waals surface area (Å²) < 4.78 is 19.1. The van der Waals surface area contributed by atoms with E-state index >= 15 is 0 Å². The number of halogens is 1. The molecule has 1 fully saturated rings. The van der Waals surface area contributed by atoms with Gasteiger partial charge in [-0.05, 0) is 31.9 Å². The first-order valence-electron chi connectivity index (χ1n) is 10.9. The van der Waals surface area contributed by atoms with E-state index in [9.17, 15) is 9.50 Å². The summed E-state index contributed by atoms with van der Waals surface area (Å²) >= 11 is 0. The van der Waals surface area contributed by atoms with Gasteiger partial charge >= 0.3 is 0 Å². The molecule has 0 amide bonds. The largest absolute Gasteiger partial charge is 0.439 e. The standard InChI is InChI=1S/C24H36FN5O2/c1-5-9-24(31,16-29-18(3)20-14-27-15-20)10-11-28-19(4)30-23(12-17(2)26)32-22-8-6-7-21(25)13-22/h6-8,12-13,20,27-29,31H,3-5,9-11,14-16,26H2,1-2H3/b17-12-,30-23+. The van der Waals surface area contributed by atoms with Gasteiger partial charge in [0.15, 0.2) is 0 Å². The van der Waals surface area contributed by atoms with Gasteiger partial charge < -0.3 is 31.5 Å². The Morgan fingerprint density at radius 3 is 2.72 bits per heavy atom. The summed E-state index contributed by atoms with van der Waals surface area (Å²) in [4.78, 5) is 4.31. The molecule has 32 heavy (non-hydrogen) atoms. The first-order chi connectivity index (χ1) is 15.2. The molecule has 0 aliphatic carbocycles. The number of rotatable bonds is 13. The van der Waals surface area contributed by atoms with Gasteiger partial charge in [-0.1, -0.05) is 32.6 Å². The van der Waals surface area contributed by atoms with Crippen LogP contribution in [0, 0.1) is 11.7 Å². The fraction of sp³-hybridized carbons (Fsp3) is 0.458. The van der Waals surface area contributed by atoms with E-state index in [-0.39, 0.29) is 5.90 Å². The minimum atomic E-state index is -0.874. The molecule has 1 heterocycles. The van der Waals surface area contributed by atoms with E-state index < -0.39 is 11.4 Å². The van der Waals surface area contributed by atoms with Crippen LogP contribution in [0.15, 0.2) is 65.7 Å². The Morgan fingerprint density at radius 1 is 1.38 bits per heavy atom. The monoisotopic (exact) mass is 445 g/mol. The minimum absolute atomic E-state index is 0.184. The number of ether oxygens (including phenoxy) is 1. The molecule has 1 aromatic rings. The van der Waals surface area contributed by atoms with Crippen molar-refractivity contribution in [2.75, 3.05) is 26.2 Å². The van der Waals surface area contributed by atoms with Crippen molar-refractivity contribution < 1.29 is 14.2 Å². The molecule has 1 unspecified atom stereocenters. The summed E-state index contributed by atoms with van der Waals surface area (Å²) in [6.07, 6.45) is 3.57. The maximum Gasteiger partial charge on any atom is 0.222 e. The molecule has 2 rings (SSSR count). The fourth-order valence-electron chi connectivity index (χ4n) is 3.27. The van der Waals surface area contributed by atoms with Crippen molar-refractivity contribution >= 4 is 5.90 Å². The third kappa shape index (κ3) is 8.72. The molecule has 1 saturated heterocycles. The zero-order chi connectivity index (χ0) is 23.6. The molecule has 0 saturated carbocycles. The van der Waals surface area contributed by atoms with Gasteiger partial charge in [-0.25, -0.2) is 4.39 Å². The second kappa shape index (κ2) is 12.3. The maximum atomic E-state index is 13.4. The zero-order valence-corrected chi connectivity index (χ0v) is 19.1. The number of aliphatic hydroxyl groups is 1. The second-order valence-corrected chi connectivity index (χ2v) is 8.23. The van der Waals surface area contributed by atoms with E-state index in [1.807, 2.05) is 6.92 Å². The van der Waals surface area contributed by atoms with Gasteiger partial charge in [-0.15, -0.1) is 0 Å². The number of hydrogen-bond acceptors (Lipinski definition) is 7. The Morgan fingerprint density at radius 2 is 2.12 bits per heavy atom. The first-order valence-corrected chi connectivity index (χ1v) is 10.9. The first kappa shape index (κ1) is 25.4. The summed E-state index contributed by atoms with van der Waals surface area (Å²) in [6, 6.07) is 5.77. The van der Waals surface area contributed by atoms with Gasteiger partial charge in [0.05, 0.1) is 5.60 Å². The molecule has 0 radical (unpaired) electrons. The topological polar surface area (TPSA) is 104 Å². The molecule has 176 valence electrons. The number of hydrogen-bond donors (Lipinski definition) is 5. The number of nitrogens with two attached hydrogens (primary N) is 1. The van der Waals surface area contributed by atoms with Crippen LogP contribution in [0.25, 0.3) is 0 Å². The van der Waals surface area contributed by atoms with Crippen LogP contribution in [-0.4, -0.2) is 42.8 Å². The predicted molar refractivity (Wildman–Crippen MR) is 128 cm³/mol. The Hall–Kier alpha value is -2.84. The Bertz CT molecular complexity index is 847. The lowest BCUT2D eigenvalue weighted by Gasteiger charge is -2.34. The third-order valence-electron chi connectivity index (χ3n) is 5.17. The van der Waals surface area contributed by atoms with E-state index in [0.717, 1.165) is 25.2 Å². The van der Waals surface area contributed by atoms with Gasteiger partial charge in [-0.3, -0.25) is 0 Å². The molecule has 6 N–H and O–H groups in total. The Kier molecular flexibility index (Phi) is 9.74. The quantitative estimate of drug-likeness (QED) is 0.236. The molecular weight excluding hydrogens is 409 g/mol. The van der Waals surface area contributed by atoms with Crippen LogP contribution in [0.3, 0.4) is 0 Å². The average Bonchev–Trinajstić information content (AvgIpc) is 2.65. The normalized spacial score (nSPS) is 16.6. The van der Waals surface area contributed by atoms with Crippen molar-refractivity contribution in [2.24, 2.45) is 16.6 Å². The number of allylic oxidation sites excluding steroid dienone is 1. The zero-order valence-electron chi connectivity index (χ0n) is 19.1. The van der Waals surface area contributed by atoms with Gasteiger partial charge in [-0.2, -0.15) is 4.99 Å². The van der Waals surface area contributed by atoms with Crippen LogP contribution in [0.5, 0.6) is 5.75 Å². The molecule has 8 heteroatoms. The molecular formula is C24H36FN5O2. The minimum Gasteiger partial charge on any atom is -0.439 e. The maximum absolute atomic E-state index is 13.4. The van der Waals surface area contributed by atoms with Gasteiger partial charge in [0.25, 0.3) is 0 Å². The number of benzene rings is 1. The predicted octanol–water partition coefficient (Wildman–Crippen LogP) is 2.77. The molecule has 0 spiro atoms. The van der Waals surface area contributed by atoms with Gasteiger partial charge in [0.2, 0.25) is 5.90 Å². The van der Waals surface area contributed by atoms with Crippen molar-refractivity contribution in [3.8, 4) is 5.75 Å². The SMILES string of the molecule is C=C(/N=C(\C=C(\C)N)Oc1cccc(F)c1)NCCC(O)(CCC)CNC(=C)C1CNC1. The van der Waals surface area contributed by atoms with Crippen LogP contribution in [-0.2, 0) is 0 Å². The molecule has 0 bridgehead atoms. The molecule has 1 aliphatic heterocycles. The fourth-order valence-corrected chi connectivity index (χ4v) is 3.27. The van der Waals surface area contributed by atoms with Gasteiger partial charge in [0.1, 0.15) is 17.4 Å². The van der Waals surface area contributed by atoms with E-state index in [1.54, 1.807) is 19.1 Å².